The van der Waals surface area contributed by atoms with E-state index in [9.17, 15) is 0 Å². The summed E-state index contributed by atoms with van der Waals surface area (Å²) in [6, 6.07) is 10.3. The number of hydrogen-bond donors (Lipinski definition) is 2. The molecule has 2 heterocycles. The molecule has 0 fully saturated rings. The number of aryl methyl sites for hydroxylation is 3. The Balaban J connectivity index is 0.00000261. The van der Waals surface area contributed by atoms with Gasteiger partial charge in [-0.3, -0.25) is 4.68 Å². The third-order valence-corrected chi connectivity index (χ3v) is 4.36. The Labute approximate surface area is 177 Å². The highest BCUT2D eigenvalue weighted by atomic mass is 127. The van der Waals surface area contributed by atoms with E-state index in [2.05, 4.69) is 62.3 Å². The van der Waals surface area contributed by atoms with E-state index < -0.39 is 0 Å². The minimum Gasteiger partial charge on any atom is -0.357 e. The number of benzene rings is 1. The highest BCUT2D eigenvalue weighted by Crippen LogP contribution is 2.15. The van der Waals surface area contributed by atoms with Crippen LogP contribution >= 0.6 is 24.0 Å². The average Bonchev–Trinajstić information content (AvgIpc) is 3.19. The molecule has 0 bridgehead atoms. The number of aliphatic imine (C=N–C) groups is 1. The smallest absolute Gasteiger partial charge is 0.191 e. The maximum Gasteiger partial charge on any atom is 0.191 e. The number of para-hydroxylation sites is 2. The van der Waals surface area contributed by atoms with Crippen molar-refractivity contribution in [3.63, 3.8) is 0 Å². The van der Waals surface area contributed by atoms with Gasteiger partial charge in [0.25, 0.3) is 0 Å². The number of hydrogen-bond acceptors (Lipinski definition) is 3. The van der Waals surface area contributed by atoms with E-state index in [0.29, 0.717) is 6.54 Å². The predicted molar refractivity (Wildman–Crippen MR) is 121 cm³/mol. The van der Waals surface area contributed by atoms with Crippen LogP contribution in [0.15, 0.2) is 41.5 Å². The minimum absolute atomic E-state index is 0. The summed E-state index contributed by atoms with van der Waals surface area (Å²) in [5, 5.41) is 10.9. The number of nitrogens with one attached hydrogen (secondary N) is 2. The van der Waals surface area contributed by atoms with E-state index in [-0.39, 0.29) is 24.0 Å². The average molecular weight is 481 g/mol. The lowest BCUT2D eigenvalue weighted by Gasteiger charge is -2.12. The molecule has 3 aromatic rings. The second-order valence-electron chi connectivity index (χ2n) is 6.22. The molecule has 0 atom stereocenters. The first-order valence-electron chi connectivity index (χ1n) is 9.10. The zero-order valence-electron chi connectivity index (χ0n) is 16.1. The Bertz CT molecular complexity index is 881. The van der Waals surface area contributed by atoms with Crippen LogP contribution in [0.1, 0.15) is 24.9 Å². The predicted octanol–water partition coefficient (Wildman–Crippen LogP) is 2.84. The van der Waals surface area contributed by atoms with E-state index >= 15 is 0 Å². The maximum atomic E-state index is 4.63. The number of rotatable bonds is 7. The Morgan fingerprint density at radius 1 is 1.19 bits per heavy atom. The van der Waals surface area contributed by atoms with Gasteiger partial charge in [0, 0.05) is 32.9 Å². The van der Waals surface area contributed by atoms with Crippen LogP contribution in [0.3, 0.4) is 0 Å². The number of fused-ring (bicyclic) bond motifs is 1. The van der Waals surface area contributed by atoms with E-state index in [1.165, 1.54) is 5.52 Å². The van der Waals surface area contributed by atoms with Gasteiger partial charge in [0.1, 0.15) is 5.82 Å². The highest BCUT2D eigenvalue weighted by Gasteiger charge is 2.06. The number of nitrogens with zero attached hydrogens (tertiary/aromatic N) is 5. The van der Waals surface area contributed by atoms with Crippen LogP contribution in [0.5, 0.6) is 0 Å². The van der Waals surface area contributed by atoms with Gasteiger partial charge in [-0.2, -0.15) is 5.10 Å². The highest BCUT2D eigenvalue weighted by molar-refractivity contribution is 14.0. The molecule has 0 aliphatic carbocycles. The van der Waals surface area contributed by atoms with Crippen molar-refractivity contribution < 1.29 is 0 Å². The number of aromatic nitrogens is 4. The van der Waals surface area contributed by atoms with Gasteiger partial charge in [0.15, 0.2) is 5.96 Å². The summed E-state index contributed by atoms with van der Waals surface area (Å²) >= 11 is 0. The van der Waals surface area contributed by atoms with Crippen LogP contribution in [0.2, 0.25) is 0 Å². The summed E-state index contributed by atoms with van der Waals surface area (Å²) in [6.07, 6.45) is 2.79. The molecule has 146 valence electrons. The van der Waals surface area contributed by atoms with Gasteiger partial charge in [-0.25, -0.2) is 9.98 Å². The summed E-state index contributed by atoms with van der Waals surface area (Å²) in [7, 11) is 1.93. The first-order valence-corrected chi connectivity index (χ1v) is 9.10. The molecule has 0 aliphatic heterocycles. The van der Waals surface area contributed by atoms with Crippen molar-refractivity contribution in [1.29, 1.82) is 0 Å². The molecule has 0 saturated heterocycles. The molecular formula is C19H28IN7. The molecule has 0 unspecified atom stereocenters. The lowest BCUT2D eigenvalue weighted by atomic mass is 10.3. The normalized spacial score (nSPS) is 11.4. The van der Waals surface area contributed by atoms with Gasteiger partial charge < -0.3 is 15.2 Å². The summed E-state index contributed by atoms with van der Waals surface area (Å²) < 4.78 is 4.12. The van der Waals surface area contributed by atoms with Crippen molar-refractivity contribution in [2.75, 3.05) is 13.1 Å². The van der Waals surface area contributed by atoms with Crippen molar-refractivity contribution in [3.05, 3.63) is 48.0 Å². The van der Waals surface area contributed by atoms with Crippen molar-refractivity contribution in [1.82, 2.24) is 30.0 Å². The van der Waals surface area contributed by atoms with Gasteiger partial charge in [0.05, 0.1) is 23.3 Å². The monoisotopic (exact) mass is 481 g/mol. The molecule has 0 amide bonds. The standard InChI is InChI=1S/C19H27N7.HI/c1-4-20-19(22-14-16-10-12-23-25(16)3)21-11-7-13-26-15(2)24-17-8-5-6-9-18(17)26;/h5-6,8-10,12H,4,7,11,13-14H2,1-3H3,(H2,20,21,22);1H. The van der Waals surface area contributed by atoms with Crippen molar-refractivity contribution in [2.24, 2.45) is 12.0 Å². The Morgan fingerprint density at radius 3 is 2.74 bits per heavy atom. The van der Waals surface area contributed by atoms with Crippen LogP contribution in [0, 0.1) is 6.92 Å². The molecule has 0 spiro atoms. The summed E-state index contributed by atoms with van der Waals surface area (Å²) in [5.41, 5.74) is 3.34. The quantitative estimate of drug-likeness (QED) is 0.236. The summed E-state index contributed by atoms with van der Waals surface area (Å²) in [6.45, 7) is 7.36. The lowest BCUT2D eigenvalue weighted by Crippen LogP contribution is -2.38. The van der Waals surface area contributed by atoms with Crippen LogP contribution in [-0.2, 0) is 20.1 Å². The third-order valence-electron chi connectivity index (χ3n) is 4.36. The van der Waals surface area contributed by atoms with Crippen LogP contribution in [-0.4, -0.2) is 38.4 Å². The molecule has 1 aromatic carbocycles. The molecule has 0 aliphatic rings. The maximum absolute atomic E-state index is 4.63. The van der Waals surface area contributed by atoms with Crippen molar-refractivity contribution >= 4 is 41.0 Å². The molecule has 8 heteroatoms. The topological polar surface area (TPSA) is 72.1 Å². The SMILES string of the molecule is CCNC(=NCc1ccnn1C)NCCCn1c(C)nc2ccccc21.I. The molecule has 2 aromatic heterocycles. The Hall–Kier alpha value is -2.10. The van der Waals surface area contributed by atoms with Gasteiger partial charge in [-0.1, -0.05) is 12.1 Å². The van der Waals surface area contributed by atoms with Crippen molar-refractivity contribution in [2.45, 2.75) is 33.4 Å². The fraction of sp³-hybridized carbons (Fsp3) is 0.421. The van der Waals surface area contributed by atoms with Gasteiger partial charge >= 0.3 is 0 Å². The molecule has 0 saturated carbocycles. The second-order valence-corrected chi connectivity index (χ2v) is 6.22. The molecular weight excluding hydrogens is 453 g/mol. The fourth-order valence-corrected chi connectivity index (χ4v) is 2.98. The van der Waals surface area contributed by atoms with Crippen LogP contribution in [0.4, 0.5) is 0 Å². The summed E-state index contributed by atoms with van der Waals surface area (Å²) in [5.74, 6) is 1.89. The molecule has 7 nitrogen and oxygen atoms in total. The zero-order valence-corrected chi connectivity index (χ0v) is 18.5. The van der Waals surface area contributed by atoms with E-state index in [1.54, 1.807) is 6.20 Å². The minimum atomic E-state index is 0. The molecule has 3 rings (SSSR count). The first kappa shape index (κ1) is 21.2. The molecule has 2 N–H and O–H groups in total. The van der Waals surface area contributed by atoms with Crippen LogP contribution in [0.25, 0.3) is 11.0 Å². The largest absolute Gasteiger partial charge is 0.357 e. The molecule has 0 radical (unpaired) electrons. The fourth-order valence-electron chi connectivity index (χ4n) is 2.98. The lowest BCUT2D eigenvalue weighted by molar-refractivity contribution is 0.623. The van der Waals surface area contributed by atoms with Crippen molar-refractivity contribution in [3.8, 4) is 0 Å². The van der Waals surface area contributed by atoms with Gasteiger partial charge in [-0.15, -0.1) is 24.0 Å². The van der Waals surface area contributed by atoms with Gasteiger partial charge in [0.2, 0.25) is 0 Å². The van der Waals surface area contributed by atoms with Crippen LogP contribution < -0.4 is 10.6 Å². The number of halogens is 1. The molecule has 27 heavy (non-hydrogen) atoms. The second kappa shape index (κ2) is 10.3. The number of guanidine groups is 1. The van der Waals surface area contributed by atoms with Gasteiger partial charge in [-0.05, 0) is 38.5 Å². The Kier molecular flexibility index (Phi) is 8.08. The number of imidazole rings is 1. The van der Waals surface area contributed by atoms with E-state index in [1.807, 2.05) is 23.9 Å². The zero-order chi connectivity index (χ0) is 18.4. The first-order chi connectivity index (χ1) is 12.7. The third kappa shape index (κ3) is 5.44. The van der Waals surface area contributed by atoms with E-state index in [0.717, 1.165) is 49.0 Å². The summed E-state index contributed by atoms with van der Waals surface area (Å²) in [4.78, 5) is 9.25. The van der Waals surface area contributed by atoms with E-state index in [4.69, 9.17) is 0 Å². The Morgan fingerprint density at radius 2 is 2.00 bits per heavy atom.